The van der Waals surface area contributed by atoms with E-state index < -0.39 is 21.3 Å². The van der Waals surface area contributed by atoms with Gasteiger partial charge in [-0.2, -0.15) is 4.31 Å². The monoisotopic (exact) mass is 316 g/mol. The summed E-state index contributed by atoms with van der Waals surface area (Å²) in [6.07, 6.45) is 1.02. The number of hydrogen-bond acceptors (Lipinski definition) is 5. The van der Waals surface area contributed by atoms with Gasteiger partial charge in [-0.15, -0.1) is 0 Å². The Labute approximate surface area is 122 Å². The molecule has 1 aliphatic heterocycles. The highest BCUT2D eigenvalue weighted by Crippen LogP contribution is 2.15. The minimum absolute atomic E-state index is 0.0692. The van der Waals surface area contributed by atoms with Crippen LogP contribution < -0.4 is 11.2 Å². The standard InChI is InChI=1S/C12H20N4O4S/c1-3-4-15-5-7-16(8-6-15)21(19,20)10-9(2)13-12(18)14-11(10)17/h3-8H2,1-2H3,(H2,13,14,17,18). The quantitative estimate of drug-likeness (QED) is 0.748. The number of H-pyrrole nitrogens is 2. The molecule has 1 saturated heterocycles. The van der Waals surface area contributed by atoms with Crippen molar-refractivity contribution < 1.29 is 8.42 Å². The maximum absolute atomic E-state index is 12.6. The lowest BCUT2D eigenvalue weighted by Crippen LogP contribution is -2.49. The molecule has 1 aromatic heterocycles. The molecule has 1 aromatic rings. The maximum Gasteiger partial charge on any atom is 0.325 e. The molecule has 9 heteroatoms. The molecule has 0 atom stereocenters. The molecule has 0 radical (unpaired) electrons. The molecule has 0 bridgehead atoms. The van der Waals surface area contributed by atoms with Crippen LogP contribution in [0.3, 0.4) is 0 Å². The van der Waals surface area contributed by atoms with Crippen molar-refractivity contribution in [2.24, 2.45) is 0 Å². The second-order valence-electron chi connectivity index (χ2n) is 5.11. The third-order valence-electron chi connectivity index (χ3n) is 3.54. The van der Waals surface area contributed by atoms with Crippen LogP contribution in [0.1, 0.15) is 19.0 Å². The predicted molar refractivity (Wildman–Crippen MR) is 77.9 cm³/mol. The first kappa shape index (κ1) is 15.9. The minimum Gasteiger partial charge on any atom is -0.310 e. The Morgan fingerprint density at radius 3 is 2.24 bits per heavy atom. The van der Waals surface area contributed by atoms with Crippen molar-refractivity contribution in [3.63, 3.8) is 0 Å². The molecule has 0 spiro atoms. The van der Waals surface area contributed by atoms with Crippen LogP contribution in [0.5, 0.6) is 0 Å². The third-order valence-corrected chi connectivity index (χ3v) is 5.60. The highest BCUT2D eigenvalue weighted by molar-refractivity contribution is 7.89. The number of aryl methyl sites for hydroxylation is 1. The van der Waals surface area contributed by atoms with Crippen LogP contribution in [-0.4, -0.2) is 60.3 Å². The van der Waals surface area contributed by atoms with Gasteiger partial charge in [-0.25, -0.2) is 13.2 Å². The fraction of sp³-hybridized carbons (Fsp3) is 0.667. The van der Waals surface area contributed by atoms with Crippen molar-refractivity contribution in [2.75, 3.05) is 32.7 Å². The fourth-order valence-corrected chi connectivity index (χ4v) is 4.16. The normalized spacial score (nSPS) is 18.0. The van der Waals surface area contributed by atoms with Crippen molar-refractivity contribution in [3.8, 4) is 0 Å². The zero-order chi connectivity index (χ0) is 15.6. The Morgan fingerprint density at radius 2 is 1.71 bits per heavy atom. The molecule has 0 aromatic carbocycles. The van der Waals surface area contributed by atoms with Gasteiger partial charge in [-0.3, -0.25) is 9.78 Å². The average Bonchev–Trinajstić information content (AvgIpc) is 2.38. The lowest BCUT2D eigenvalue weighted by Gasteiger charge is -2.33. The Hall–Kier alpha value is -1.45. The highest BCUT2D eigenvalue weighted by atomic mass is 32.2. The van der Waals surface area contributed by atoms with Crippen molar-refractivity contribution in [1.29, 1.82) is 0 Å². The van der Waals surface area contributed by atoms with E-state index in [1.807, 2.05) is 4.98 Å². The number of sulfonamides is 1. The first-order chi connectivity index (χ1) is 9.86. The largest absolute Gasteiger partial charge is 0.325 e. The molecule has 0 amide bonds. The van der Waals surface area contributed by atoms with Crippen molar-refractivity contribution in [2.45, 2.75) is 25.2 Å². The van der Waals surface area contributed by atoms with Gasteiger partial charge in [0, 0.05) is 31.9 Å². The van der Waals surface area contributed by atoms with E-state index in [-0.39, 0.29) is 10.6 Å². The van der Waals surface area contributed by atoms with Crippen molar-refractivity contribution in [1.82, 2.24) is 19.2 Å². The summed E-state index contributed by atoms with van der Waals surface area (Å²) in [5, 5.41) is 0. The molecule has 0 aliphatic carbocycles. The summed E-state index contributed by atoms with van der Waals surface area (Å²) in [6.45, 7) is 6.41. The number of rotatable bonds is 4. The highest BCUT2D eigenvalue weighted by Gasteiger charge is 2.32. The number of hydrogen-bond donors (Lipinski definition) is 2. The van der Waals surface area contributed by atoms with Crippen LogP contribution >= 0.6 is 0 Å². The molecule has 2 heterocycles. The van der Waals surface area contributed by atoms with Crippen molar-refractivity contribution >= 4 is 10.0 Å². The molecule has 1 fully saturated rings. The Balaban J connectivity index is 2.28. The maximum atomic E-state index is 12.6. The Morgan fingerprint density at radius 1 is 1.10 bits per heavy atom. The number of nitrogens with one attached hydrogen (secondary N) is 2. The van der Waals surface area contributed by atoms with E-state index in [4.69, 9.17) is 0 Å². The van der Waals surface area contributed by atoms with E-state index in [9.17, 15) is 18.0 Å². The minimum atomic E-state index is -3.89. The van der Waals surface area contributed by atoms with Crippen molar-refractivity contribution in [3.05, 3.63) is 26.5 Å². The van der Waals surface area contributed by atoms with Crippen LogP contribution in [-0.2, 0) is 10.0 Å². The smallest absolute Gasteiger partial charge is 0.310 e. The first-order valence-corrected chi connectivity index (χ1v) is 8.36. The lowest BCUT2D eigenvalue weighted by atomic mass is 10.3. The molecular formula is C12H20N4O4S. The van der Waals surface area contributed by atoms with E-state index in [2.05, 4.69) is 16.8 Å². The third kappa shape index (κ3) is 3.25. The van der Waals surface area contributed by atoms with Gasteiger partial charge < -0.3 is 9.88 Å². The van der Waals surface area contributed by atoms with E-state index in [1.54, 1.807) is 0 Å². The second-order valence-corrected chi connectivity index (χ2v) is 6.98. The van der Waals surface area contributed by atoms with E-state index in [0.717, 1.165) is 13.0 Å². The molecule has 2 N–H and O–H groups in total. The molecule has 8 nitrogen and oxygen atoms in total. The van der Waals surface area contributed by atoms with E-state index in [1.165, 1.54) is 11.2 Å². The molecule has 118 valence electrons. The van der Waals surface area contributed by atoms with E-state index >= 15 is 0 Å². The second kappa shape index (κ2) is 6.12. The van der Waals surface area contributed by atoms with Gasteiger partial charge in [0.15, 0.2) is 4.90 Å². The summed E-state index contributed by atoms with van der Waals surface area (Å²) in [7, 11) is -3.89. The molecule has 0 saturated carbocycles. The van der Waals surface area contributed by atoms with Gasteiger partial charge in [0.25, 0.3) is 5.56 Å². The zero-order valence-corrected chi connectivity index (χ0v) is 13.0. The predicted octanol–water partition coefficient (Wildman–Crippen LogP) is -0.912. The van der Waals surface area contributed by atoms with Gasteiger partial charge in [-0.1, -0.05) is 6.92 Å². The van der Waals surface area contributed by atoms with Gasteiger partial charge in [0.05, 0.1) is 0 Å². The Kier molecular flexibility index (Phi) is 4.64. The van der Waals surface area contributed by atoms with E-state index in [0.29, 0.717) is 26.2 Å². The zero-order valence-electron chi connectivity index (χ0n) is 12.2. The molecule has 2 rings (SSSR count). The van der Waals surface area contributed by atoms with Crippen LogP contribution in [0.25, 0.3) is 0 Å². The van der Waals surface area contributed by atoms with Crippen LogP contribution in [0.2, 0.25) is 0 Å². The Bertz CT molecular complexity index is 714. The number of aromatic nitrogens is 2. The summed E-state index contributed by atoms with van der Waals surface area (Å²) >= 11 is 0. The summed E-state index contributed by atoms with van der Waals surface area (Å²) < 4.78 is 26.4. The van der Waals surface area contributed by atoms with Crippen LogP contribution in [0.15, 0.2) is 14.5 Å². The summed E-state index contributed by atoms with van der Waals surface area (Å²) in [4.78, 5) is 29.1. The fourth-order valence-electron chi connectivity index (χ4n) is 2.54. The summed E-state index contributed by atoms with van der Waals surface area (Å²) in [5.41, 5.74) is -1.50. The first-order valence-electron chi connectivity index (χ1n) is 6.92. The van der Waals surface area contributed by atoms with Gasteiger partial charge in [0.1, 0.15) is 0 Å². The average molecular weight is 316 g/mol. The van der Waals surface area contributed by atoms with Gasteiger partial charge in [0.2, 0.25) is 10.0 Å². The summed E-state index contributed by atoms with van der Waals surface area (Å²) in [6, 6.07) is 0. The molecular weight excluding hydrogens is 296 g/mol. The van der Waals surface area contributed by atoms with Crippen LogP contribution in [0.4, 0.5) is 0 Å². The SMILES string of the molecule is CCCN1CCN(S(=O)(=O)c2c(C)[nH]c(=O)[nH]c2=O)CC1. The van der Waals surface area contributed by atoms with Gasteiger partial charge >= 0.3 is 5.69 Å². The molecule has 0 unspecified atom stereocenters. The molecule has 21 heavy (non-hydrogen) atoms. The number of aromatic amines is 2. The van der Waals surface area contributed by atoms with Crippen LogP contribution in [0, 0.1) is 6.92 Å². The topological polar surface area (TPSA) is 106 Å². The lowest BCUT2D eigenvalue weighted by molar-refractivity contribution is 0.188. The number of piperazine rings is 1. The van der Waals surface area contributed by atoms with Gasteiger partial charge in [-0.05, 0) is 19.9 Å². The number of nitrogens with zero attached hydrogens (tertiary/aromatic N) is 2. The molecule has 1 aliphatic rings. The summed E-state index contributed by atoms with van der Waals surface area (Å²) in [5.74, 6) is 0.